The third kappa shape index (κ3) is 6.01. The van der Waals surface area contributed by atoms with Crippen molar-refractivity contribution in [2.45, 2.75) is 11.3 Å². The van der Waals surface area contributed by atoms with Gasteiger partial charge in [-0.1, -0.05) is 30.3 Å². The fourth-order valence-electron chi connectivity index (χ4n) is 3.47. The molecular formula is C24H24F2N4O4S. The highest BCUT2D eigenvalue weighted by molar-refractivity contribution is 7.89. The quantitative estimate of drug-likeness (QED) is 0.399. The summed E-state index contributed by atoms with van der Waals surface area (Å²) in [7, 11) is -3.66. The van der Waals surface area contributed by atoms with E-state index in [1.165, 1.54) is 22.8 Å². The van der Waals surface area contributed by atoms with Gasteiger partial charge >= 0.3 is 0 Å². The van der Waals surface area contributed by atoms with Crippen LogP contribution in [0.2, 0.25) is 0 Å². The first-order valence-corrected chi connectivity index (χ1v) is 11.6. The molecule has 11 heteroatoms. The minimum Gasteiger partial charge on any atom is -0.329 e. The maximum Gasteiger partial charge on any atom is 0.278 e. The number of hydrogen-bond donors (Lipinski definition) is 2. The molecule has 0 spiro atoms. The maximum atomic E-state index is 13.8. The van der Waals surface area contributed by atoms with Crippen molar-refractivity contribution in [2.24, 2.45) is 5.73 Å². The van der Waals surface area contributed by atoms with Gasteiger partial charge in [0, 0.05) is 30.4 Å². The van der Waals surface area contributed by atoms with Gasteiger partial charge in [0.1, 0.15) is 19.2 Å². The van der Waals surface area contributed by atoms with Crippen molar-refractivity contribution in [1.82, 2.24) is 14.3 Å². The fraction of sp³-hybridized carbons (Fsp3) is 0.125. The standard InChI is InChI=1S/C22H20F2N4O2S.2CH2O/c23-21(24)20-14-19-18(10-12-26-22(19)28(20)16-4-2-1-3-5-16)15-6-8-17(9-7-15)31(29,30)27-13-11-25;2*1-2/h1-10,12,14,21,27H,11,13,25H2;2*1H2. The Balaban J connectivity index is 0.00000103. The Kier molecular flexibility index (Phi) is 9.88. The van der Waals surface area contributed by atoms with Crippen molar-refractivity contribution in [2.75, 3.05) is 13.1 Å². The molecule has 2 heterocycles. The van der Waals surface area contributed by atoms with E-state index in [4.69, 9.17) is 15.3 Å². The van der Waals surface area contributed by atoms with Crippen LogP contribution in [0.5, 0.6) is 0 Å². The fourth-order valence-corrected chi connectivity index (χ4v) is 4.52. The van der Waals surface area contributed by atoms with E-state index < -0.39 is 16.4 Å². The molecule has 0 aliphatic rings. The Morgan fingerprint density at radius 3 is 2.17 bits per heavy atom. The van der Waals surface area contributed by atoms with E-state index in [1.807, 2.05) is 19.6 Å². The maximum absolute atomic E-state index is 13.8. The van der Waals surface area contributed by atoms with Crippen molar-refractivity contribution in [3.8, 4) is 16.8 Å². The van der Waals surface area contributed by atoms with Gasteiger partial charge in [-0.3, -0.25) is 4.57 Å². The lowest BCUT2D eigenvalue weighted by molar-refractivity contribution is -0.0987. The molecule has 0 fully saturated rings. The molecule has 2 aromatic carbocycles. The molecule has 4 aromatic rings. The van der Waals surface area contributed by atoms with Crippen molar-refractivity contribution in [3.05, 3.63) is 78.6 Å². The molecule has 0 unspecified atom stereocenters. The number of rotatable bonds is 7. The summed E-state index contributed by atoms with van der Waals surface area (Å²) < 4.78 is 56.1. The monoisotopic (exact) mass is 502 g/mol. The molecule has 0 aliphatic carbocycles. The average molecular weight is 503 g/mol. The van der Waals surface area contributed by atoms with E-state index in [2.05, 4.69) is 9.71 Å². The van der Waals surface area contributed by atoms with Crippen LogP contribution in [-0.2, 0) is 19.6 Å². The zero-order valence-corrected chi connectivity index (χ0v) is 19.4. The Morgan fingerprint density at radius 2 is 1.60 bits per heavy atom. The van der Waals surface area contributed by atoms with Gasteiger partial charge in [0.15, 0.2) is 0 Å². The number of fused-ring (bicyclic) bond motifs is 1. The lowest BCUT2D eigenvalue weighted by atomic mass is 10.0. The molecule has 0 saturated carbocycles. The number of hydrogen-bond acceptors (Lipinski definition) is 6. The molecule has 0 bridgehead atoms. The van der Waals surface area contributed by atoms with Crippen molar-refractivity contribution in [3.63, 3.8) is 0 Å². The summed E-state index contributed by atoms with van der Waals surface area (Å²) in [6.45, 7) is 4.33. The van der Waals surface area contributed by atoms with Gasteiger partial charge < -0.3 is 15.3 Å². The first-order valence-electron chi connectivity index (χ1n) is 10.1. The topological polar surface area (TPSA) is 124 Å². The third-order valence-electron chi connectivity index (χ3n) is 4.88. The SMILES string of the molecule is C=O.C=O.NCCNS(=O)(=O)c1ccc(-c2ccnc3c2cc(C(F)F)n3-c2ccccc2)cc1. The molecule has 0 radical (unpaired) electrons. The number of aromatic nitrogens is 2. The Labute approximate surface area is 201 Å². The number of carbonyl (C=O) groups is 2. The molecule has 0 amide bonds. The summed E-state index contributed by atoms with van der Waals surface area (Å²) in [6.07, 6.45) is -1.14. The molecule has 35 heavy (non-hydrogen) atoms. The number of nitrogens with two attached hydrogens (primary N) is 1. The van der Waals surface area contributed by atoms with Crippen LogP contribution >= 0.6 is 0 Å². The van der Waals surface area contributed by atoms with E-state index in [1.54, 1.807) is 48.7 Å². The predicted octanol–water partition coefficient (Wildman–Crippen LogP) is 3.50. The van der Waals surface area contributed by atoms with E-state index >= 15 is 0 Å². The molecule has 4 rings (SSSR count). The van der Waals surface area contributed by atoms with Crippen molar-refractivity contribution in [1.29, 1.82) is 0 Å². The lowest BCUT2D eigenvalue weighted by Crippen LogP contribution is -2.29. The van der Waals surface area contributed by atoms with Crippen molar-refractivity contribution < 1.29 is 26.8 Å². The van der Waals surface area contributed by atoms with Gasteiger partial charge in [0.2, 0.25) is 10.0 Å². The Bertz CT molecular complexity index is 1340. The van der Waals surface area contributed by atoms with Gasteiger partial charge in [-0.2, -0.15) is 0 Å². The first-order chi connectivity index (χ1) is 16.9. The van der Waals surface area contributed by atoms with Gasteiger partial charge in [-0.15, -0.1) is 0 Å². The van der Waals surface area contributed by atoms with Gasteiger partial charge in [-0.25, -0.2) is 26.9 Å². The summed E-state index contributed by atoms with van der Waals surface area (Å²) in [4.78, 5) is 20.5. The molecular weight excluding hydrogens is 478 g/mol. The predicted molar refractivity (Wildman–Crippen MR) is 130 cm³/mol. The number of halogens is 2. The summed E-state index contributed by atoms with van der Waals surface area (Å²) in [6, 6.07) is 18.3. The molecule has 3 N–H and O–H groups in total. The van der Waals surface area contributed by atoms with Crippen LogP contribution in [0.3, 0.4) is 0 Å². The normalized spacial score (nSPS) is 10.9. The summed E-state index contributed by atoms with van der Waals surface area (Å²) in [5.41, 5.74) is 7.56. The third-order valence-corrected chi connectivity index (χ3v) is 6.36. The minimum atomic E-state index is -3.66. The minimum absolute atomic E-state index is 0.102. The highest BCUT2D eigenvalue weighted by Crippen LogP contribution is 2.35. The second kappa shape index (κ2) is 12.6. The van der Waals surface area contributed by atoms with Crippen LogP contribution in [0, 0.1) is 0 Å². The van der Waals surface area contributed by atoms with Gasteiger partial charge in [0.05, 0.1) is 10.6 Å². The number of benzene rings is 2. The molecule has 0 atom stereocenters. The number of nitrogens with zero attached hydrogens (tertiary/aromatic N) is 2. The van der Waals surface area contributed by atoms with E-state index in [9.17, 15) is 17.2 Å². The largest absolute Gasteiger partial charge is 0.329 e. The first kappa shape index (κ1) is 27.4. The van der Waals surface area contributed by atoms with Crippen LogP contribution in [-0.4, -0.2) is 44.6 Å². The number of sulfonamides is 1. The second-order valence-electron chi connectivity index (χ2n) is 6.85. The van der Waals surface area contributed by atoms with Crippen LogP contribution in [0.25, 0.3) is 27.8 Å². The van der Waals surface area contributed by atoms with E-state index in [0.717, 1.165) is 0 Å². The number of pyridine rings is 1. The average Bonchev–Trinajstić information content (AvgIpc) is 3.31. The smallest absolute Gasteiger partial charge is 0.278 e. The summed E-state index contributed by atoms with van der Waals surface area (Å²) in [5, 5.41) is 0.554. The second-order valence-corrected chi connectivity index (χ2v) is 8.61. The number of carbonyl (C=O) groups excluding carboxylic acids is 2. The van der Waals surface area contributed by atoms with Crippen LogP contribution < -0.4 is 10.5 Å². The van der Waals surface area contributed by atoms with Crippen LogP contribution in [0.15, 0.2) is 77.8 Å². The zero-order valence-electron chi connectivity index (χ0n) is 18.6. The molecule has 8 nitrogen and oxygen atoms in total. The highest BCUT2D eigenvalue weighted by Gasteiger charge is 2.21. The summed E-state index contributed by atoms with van der Waals surface area (Å²) >= 11 is 0. The Morgan fingerprint density at radius 1 is 0.971 bits per heavy atom. The van der Waals surface area contributed by atoms with Gasteiger partial charge in [-0.05, 0) is 47.5 Å². The molecule has 184 valence electrons. The van der Waals surface area contributed by atoms with Crippen LogP contribution in [0.1, 0.15) is 12.1 Å². The Hall–Kier alpha value is -3.80. The zero-order chi connectivity index (χ0) is 26.0. The molecule has 0 aliphatic heterocycles. The lowest BCUT2D eigenvalue weighted by Gasteiger charge is -2.10. The van der Waals surface area contributed by atoms with E-state index in [-0.39, 0.29) is 23.7 Å². The van der Waals surface area contributed by atoms with E-state index in [0.29, 0.717) is 27.8 Å². The molecule has 2 aromatic heterocycles. The number of nitrogens with one attached hydrogen (secondary N) is 1. The summed E-state index contributed by atoms with van der Waals surface area (Å²) in [5.74, 6) is 0. The molecule has 0 saturated heterocycles. The number of para-hydroxylation sites is 1. The van der Waals surface area contributed by atoms with Crippen molar-refractivity contribution >= 4 is 34.6 Å². The van der Waals surface area contributed by atoms with Gasteiger partial charge in [0.25, 0.3) is 6.43 Å². The number of alkyl halides is 2. The highest BCUT2D eigenvalue weighted by atomic mass is 32.2. The van der Waals surface area contributed by atoms with Crippen LogP contribution in [0.4, 0.5) is 8.78 Å².